The highest BCUT2D eigenvalue weighted by Crippen LogP contribution is 2.23. The SMILES string of the molecule is Cc1ccc(-c2noc(-c3cc(C(C)C)on3)n2)nn1. The second-order valence-corrected chi connectivity index (χ2v) is 4.75. The van der Waals surface area contributed by atoms with E-state index in [1.807, 2.05) is 26.8 Å². The number of rotatable bonds is 3. The Balaban J connectivity index is 1.91. The van der Waals surface area contributed by atoms with Gasteiger partial charge in [0.2, 0.25) is 5.82 Å². The van der Waals surface area contributed by atoms with Crippen molar-refractivity contribution in [1.29, 1.82) is 0 Å². The third kappa shape index (κ3) is 2.29. The van der Waals surface area contributed by atoms with Crippen molar-refractivity contribution < 1.29 is 9.05 Å². The van der Waals surface area contributed by atoms with Crippen LogP contribution >= 0.6 is 0 Å². The van der Waals surface area contributed by atoms with E-state index in [2.05, 4.69) is 25.5 Å². The lowest BCUT2D eigenvalue weighted by molar-refractivity contribution is 0.368. The second-order valence-electron chi connectivity index (χ2n) is 4.75. The van der Waals surface area contributed by atoms with E-state index < -0.39 is 0 Å². The quantitative estimate of drug-likeness (QED) is 0.723. The Kier molecular flexibility index (Phi) is 3.02. The van der Waals surface area contributed by atoms with Crippen molar-refractivity contribution in [3.63, 3.8) is 0 Å². The van der Waals surface area contributed by atoms with Crippen molar-refractivity contribution in [2.24, 2.45) is 0 Å². The van der Waals surface area contributed by atoms with Crippen LogP contribution in [0.2, 0.25) is 0 Å². The van der Waals surface area contributed by atoms with E-state index >= 15 is 0 Å². The average Bonchev–Trinajstić information content (AvgIpc) is 3.08. The second kappa shape index (κ2) is 4.84. The van der Waals surface area contributed by atoms with Crippen LogP contribution in [0.25, 0.3) is 23.1 Å². The molecule has 0 aliphatic carbocycles. The molecule has 0 fully saturated rings. The fraction of sp³-hybridized carbons (Fsp3) is 0.308. The summed E-state index contributed by atoms with van der Waals surface area (Å²) in [7, 11) is 0. The maximum atomic E-state index is 5.21. The third-order valence-corrected chi connectivity index (χ3v) is 2.77. The lowest BCUT2D eigenvalue weighted by atomic mass is 10.1. The minimum absolute atomic E-state index is 0.251. The lowest BCUT2D eigenvalue weighted by Gasteiger charge is -1.93. The zero-order valence-corrected chi connectivity index (χ0v) is 11.4. The Morgan fingerprint density at radius 3 is 2.50 bits per heavy atom. The van der Waals surface area contributed by atoms with Crippen LogP contribution in [0.1, 0.15) is 31.2 Å². The molecular weight excluding hydrogens is 258 g/mol. The minimum atomic E-state index is 0.251. The molecule has 0 atom stereocenters. The predicted octanol–water partition coefficient (Wildman–Crippen LogP) is 2.61. The van der Waals surface area contributed by atoms with Crippen LogP contribution in [-0.4, -0.2) is 25.5 Å². The molecule has 0 spiro atoms. The van der Waals surface area contributed by atoms with Crippen molar-refractivity contribution in [3.05, 3.63) is 29.7 Å². The van der Waals surface area contributed by atoms with Crippen LogP contribution in [0, 0.1) is 6.92 Å². The van der Waals surface area contributed by atoms with Gasteiger partial charge in [-0.1, -0.05) is 24.2 Å². The Morgan fingerprint density at radius 1 is 1.00 bits per heavy atom. The number of hydrogen-bond acceptors (Lipinski definition) is 7. The summed E-state index contributed by atoms with van der Waals surface area (Å²) in [5, 5.41) is 15.8. The van der Waals surface area contributed by atoms with Gasteiger partial charge in [-0.15, -0.1) is 5.10 Å². The van der Waals surface area contributed by atoms with Gasteiger partial charge in [-0.05, 0) is 19.1 Å². The molecule has 0 saturated carbocycles. The van der Waals surface area contributed by atoms with Gasteiger partial charge in [-0.2, -0.15) is 10.1 Å². The Morgan fingerprint density at radius 2 is 1.85 bits per heavy atom. The Bertz CT molecular complexity index is 714. The average molecular weight is 271 g/mol. The molecule has 0 radical (unpaired) electrons. The molecule has 102 valence electrons. The van der Waals surface area contributed by atoms with Crippen molar-refractivity contribution in [1.82, 2.24) is 25.5 Å². The molecule has 20 heavy (non-hydrogen) atoms. The molecule has 7 nitrogen and oxygen atoms in total. The van der Waals surface area contributed by atoms with Gasteiger partial charge in [0.05, 0.1) is 5.69 Å². The van der Waals surface area contributed by atoms with Gasteiger partial charge in [-0.3, -0.25) is 0 Å². The molecule has 3 rings (SSSR count). The number of nitrogens with zero attached hydrogens (tertiary/aromatic N) is 5. The molecule has 3 aromatic rings. The molecule has 0 aliphatic heterocycles. The van der Waals surface area contributed by atoms with Crippen LogP contribution in [0.15, 0.2) is 27.2 Å². The van der Waals surface area contributed by atoms with Gasteiger partial charge < -0.3 is 9.05 Å². The largest absolute Gasteiger partial charge is 0.360 e. The molecule has 0 amide bonds. The van der Waals surface area contributed by atoms with Crippen LogP contribution < -0.4 is 0 Å². The summed E-state index contributed by atoms with van der Waals surface area (Å²) in [5.41, 5.74) is 1.90. The van der Waals surface area contributed by atoms with Gasteiger partial charge >= 0.3 is 0 Å². The fourth-order valence-electron chi connectivity index (χ4n) is 1.61. The van der Waals surface area contributed by atoms with E-state index in [0.29, 0.717) is 23.1 Å². The third-order valence-electron chi connectivity index (χ3n) is 2.77. The zero-order valence-electron chi connectivity index (χ0n) is 11.4. The highest BCUT2D eigenvalue weighted by atomic mass is 16.5. The van der Waals surface area contributed by atoms with E-state index in [4.69, 9.17) is 9.05 Å². The standard InChI is InChI=1S/C13H13N5O2/c1-7(2)11-6-10(17-19-11)13-14-12(18-20-13)9-5-4-8(3)15-16-9/h4-7H,1-3H3. The molecule has 0 aromatic carbocycles. The first-order valence-corrected chi connectivity index (χ1v) is 6.25. The summed E-state index contributed by atoms with van der Waals surface area (Å²) < 4.78 is 10.4. The highest BCUT2D eigenvalue weighted by Gasteiger charge is 2.17. The first kappa shape index (κ1) is 12.5. The van der Waals surface area contributed by atoms with Gasteiger partial charge in [-0.25, -0.2) is 0 Å². The maximum absolute atomic E-state index is 5.21. The number of aromatic nitrogens is 5. The fourth-order valence-corrected chi connectivity index (χ4v) is 1.61. The molecule has 0 unspecified atom stereocenters. The van der Waals surface area contributed by atoms with E-state index in [1.165, 1.54) is 0 Å². The summed E-state index contributed by atoms with van der Waals surface area (Å²) in [6.45, 7) is 5.90. The molecule has 0 N–H and O–H groups in total. The van der Waals surface area contributed by atoms with Gasteiger partial charge in [0.1, 0.15) is 11.5 Å². The maximum Gasteiger partial charge on any atom is 0.280 e. The molecule has 0 aliphatic rings. The lowest BCUT2D eigenvalue weighted by Crippen LogP contribution is -1.90. The monoisotopic (exact) mass is 271 g/mol. The van der Waals surface area contributed by atoms with Crippen LogP contribution in [-0.2, 0) is 0 Å². The summed E-state index contributed by atoms with van der Waals surface area (Å²) >= 11 is 0. The van der Waals surface area contributed by atoms with Gasteiger partial charge in [0.25, 0.3) is 5.89 Å². The first-order valence-electron chi connectivity index (χ1n) is 6.25. The Hall–Kier alpha value is -2.57. The van der Waals surface area contributed by atoms with Crippen molar-refractivity contribution in [2.45, 2.75) is 26.7 Å². The highest BCUT2D eigenvalue weighted by molar-refractivity contribution is 5.53. The van der Waals surface area contributed by atoms with Crippen molar-refractivity contribution in [2.75, 3.05) is 0 Å². The van der Waals surface area contributed by atoms with Crippen LogP contribution in [0.3, 0.4) is 0 Å². The molecule has 0 saturated heterocycles. The number of hydrogen-bond donors (Lipinski definition) is 0. The molecule has 7 heteroatoms. The minimum Gasteiger partial charge on any atom is -0.360 e. The van der Waals surface area contributed by atoms with E-state index in [9.17, 15) is 0 Å². The molecule has 0 bridgehead atoms. The topological polar surface area (TPSA) is 90.7 Å². The first-order chi connectivity index (χ1) is 9.63. The predicted molar refractivity (Wildman–Crippen MR) is 69.6 cm³/mol. The van der Waals surface area contributed by atoms with Crippen molar-refractivity contribution >= 4 is 0 Å². The summed E-state index contributed by atoms with van der Waals surface area (Å²) in [5.74, 6) is 1.70. The normalized spacial score (nSPS) is 11.2. The summed E-state index contributed by atoms with van der Waals surface area (Å²) in [6, 6.07) is 5.42. The van der Waals surface area contributed by atoms with Crippen molar-refractivity contribution in [3.8, 4) is 23.1 Å². The molecular formula is C13H13N5O2. The van der Waals surface area contributed by atoms with E-state index in [1.54, 1.807) is 12.1 Å². The van der Waals surface area contributed by atoms with Crippen LogP contribution in [0.5, 0.6) is 0 Å². The smallest absolute Gasteiger partial charge is 0.280 e. The Labute approximate surface area is 115 Å². The molecule has 3 heterocycles. The van der Waals surface area contributed by atoms with Crippen LogP contribution in [0.4, 0.5) is 0 Å². The summed E-state index contributed by atoms with van der Waals surface area (Å²) in [6.07, 6.45) is 0. The number of aryl methyl sites for hydroxylation is 1. The van der Waals surface area contributed by atoms with E-state index in [0.717, 1.165) is 11.5 Å². The van der Waals surface area contributed by atoms with E-state index in [-0.39, 0.29) is 5.92 Å². The van der Waals surface area contributed by atoms with Gasteiger partial charge in [0.15, 0.2) is 5.69 Å². The zero-order chi connectivity index (χ0) is 14.1. The van der Waals surface area contributed by atoms with Gasteiger partial charge in [0, 0.05) is 12.0 Å². The molecule has 3 aromatic heterocycles. The summed E-state index contributed by atoms with van der Waals surface area (Å²) in [4.78, 5) is 4.25.